The van der Waals surface area contributed by atoms with Crippen LogP contribution in [-0.4, -0.2) is 58.9 Å². The number of amides is 1. The third-order valence-corrected chi connectivity index (χ3v) is 5.42. The molecule has 2 aromatic rings. The van der Waals surface area contributed by atoms with Gasteiger partial charge < -0.3 is 19.3 Å². The van der Waals surface area contributed by atoms with Gasteiger partial charge in [-0.2, -0.15) is 0 Å². The van der Waals surface area contributed by atoms with Gasteiger partial charge in [0.2, 0.25) is 0 Å². The van der Waals surface area contributed by atoms with E-state index in [1.165, 1.54) is 0 Å². The first-order valence-corrected chi connectivity index (χ1v) is 9.02. The first-order chi connectivity index (χ1) is 12.6. The van der Waals surface area contributed by atoms with Gasteiger partial charge in [0, 0.05) is 69.0 Å². The summed E-state index contributed by atoms with van der Waals surface area (Å²) in [5.74, 6) is 0.235. The summed E-state index contributed by atoms with van der Waals surface area (Å²) in [5, 5.41) is 9.80. The number of carbonyl (C=O) groups is 1. The molecule has 1 fully saturated rings. The number of nitrogens with zero attached hydrogens (tertiary/aromatic N) is 3. The number of likely N-dealkylation sites (tertiary alicyclic amines) is 1. The van der Waals surface area contributed by atoms with Gasteiger partial charge in [0.25, 0.3) is 5.91 Å². The molecule has 3 heterocycles. The third kappa shape index (κ3) is 3.52. The van der Waals surface area contributed by atoms with Gasteiger partial charge in [-0.3, -0.25) is 9.78 Å². The summed E-state index contributed by atoms with van der Waals surface area (Å²) in [6.07, 6.45) is 3.52. The van der Waals surface area contributed by atoms with E-state index in [9.17, 15) is 9.90 Å². The highest BCUT2D eigenvalue weighted by Gasteiger charge is 2.36. The van der Waals surface area contributed by atoms with Crippen LogP contribution in [0.1, 0.15) is 33.2 Å². The number of hydrogen-bond donors (Lipinski definition) is 1. The Hall–Kier alpha value is -2.18. The lowest BCUT2D eigenvalue weighted by atomic mass is 9.90. The van der Waals surface area contributed by atoms with Crippen molar-refractivity contribution in [3.05, 3.63) is 53.1 Å². The number of aliphatic hydroxyl groups is 1. The van der Waals surface area contributed by atoms with Crippen LogP contribution >= 0.6 is 0 Å². The molecule has 1 N–H and O–H groups in total. The van der Waals surface area contributed by atoms with Gasteiger partial charge in [0.1, 0.15) is 0 Å². The molecule has 0 spiro atoms. The lowest BCUT2D eigenvalue weighted by Crippen LogP contribution is -2.29. The normalized spacial score (nSPS) is 19.9. The van der Waals surface area contributed by atoms with E-state index in [1.54, 1.807) is 19.5 Å². The molecule has 1 aliphatic rings. The minimum Gasteiger partial charge on any atom is -0.396 e. The molecule has 6 heteroatoms. The average molecular weight is 357 g/mol. The van der Waals surface area contributed by atoms with Crippen LogP contribution in [-0.2, 0) is 11.3 Å². The summed E-state index contributed by atoms with van der Waals surface area (Å²) >= 11 is 0. The molecule has 1 amide bonds. The van der Waals surface area contributed by atoms with Crippen molar-refractivity contribution in [3.8, 4) is 0 Å². The number of ether oxygens (including phenoxy) is 1. The van der Waals surface area contributed by atoms with Crippen LogP contribution < -0.4 is 0 Å². The van der Waals surface area contributed by atoms with E-state index in [-0.39, 0.29) is 24.3 Å². The predicted molar refractivity (Wildman–Crippen MR) is 99.2 cm³/mol. The molecule has 3 rings (SSSR count). The Morgan fingerprint density at radius 1 is 1.31 bits per heavy atom. The van der Waals surface area contributed by atoms with Gasteiger partial charge in [-0.05, 0) is 37.6 Å². The lowest BCUT2D eigenvalue weighted by Gasteiger charge is -2.17. The van der Waals surface area contributed by atoms with Crippen LogP contribution in [0.5, 0.6) is 0 Å². The van der Waals surface area contributed by atoms with Crippen LogP contribution in [0.4, 0.5) is 0 Å². The van der Waals surface area contributed by atoms with Gasteiger partial charge in [-0.15, -0.1) is 0 Å². The van der Waals surface area contributed by atoms with Crippen molar-refractivity contribution in [2.75, 3.05) is 33.4 Å². The zero-order chi connectivity index (χ0) is 18.7. The SMILES string of the molecule is COCCn1c(C)cc(C(=O)N2CC(CO)C(c3ccncc3)C2)c1C. The molecule has 0 bridgehead atoms. The fourth-order valence-electron chi connectivity index (χ4n) is 3.93. The maximum atomic E-state index is 13.1. The molecule has 140 valence electrons. The fourth-order valence-corrected chi connectivity index (χ4v) is 3.93. The van der Waals surface area contributed by atoms with Crippen molar-refractivity contribution in [2.45, 2.75) is 26.3 Å². The molecule has 2 aromatic heterocycles. The number of hydrogen-bond acceptors (Lipinski definition) is 4. The highest BCUT2D eigenvalue weighted by molar-refractivity contribution is 5.96. The number of methoxy groups -OCH3 is 1. The van der Waals surface area contributed by atoms with E-state index >= 15 is 0 Å². The van der Waals surface area contributed by atoms with Crippen molar-refractivity contribution < 1.29 is 14.6 Å². The molecule has 26 heavy (non-hydrogen) atoms. The van der Waals surface area contributed by atoms with Crippen LogP contribution in [0.2, 0.25) is 0 Å². The summed E-state index contributed by atoms with van der Waals surface area (Å²) in [6, 6.07) is 5.90. The number of pyridine rings is 1. The molecule has 1 saturated heterocycles. The minimum absolute atomic E-state index is 0.0387. The summed E-state index contributed by atoms with van der Waals surface area (Å²) < 4.78 is 7.29. The Balaban J connectivity index is 1.81. The summed E-state index contributed by atoms with van der Waals surface area (Å²) in [6.45, 7) is 6.61. The molecule has 0 aromatic carbocycles. The highest BCUT2D eigenvalue weighted by atomic mass is 16.5. The van der Waals surface area contributed by atoms with E-state index in [1.807, 2.05) is 36.9 Å². The molecule has 2 unspecified atom stereocenters. The number of aryl methyl sites for hydroxylation is 1. The smallest absolute Gasteiger partial charge is 0.255 e. The van der Waals surface area contributed by atoms with Crippen LogP contribution in [0.25, 0.3) is 0 Å². The molecular weight excluding hydrogens is 330 g/mol. The third-order valence-electron chi connectivity index (χ3n) is 5.42. The van der Waals surface area contributed by atoms with E-state index in [2.05, 4.69) is 9.55 Å². The maximum absolute atomic E-state index is 13.1. The van der Waals surface area contributed by atoms with Crippen molar-refractivity contribution in [1.29, 1.82) is 0 Å². The zero-order valence-electron chi connectivity index (χ0n) is 15.7. The maximum Gasteiger partial charge on any atom is 0.255 e. The lowest BCUT2D eigenvalue weighted by molar-refractivity contribution is 0.0780. The van der Waals surface area contributed by atoms with Crippen LogP contribution in [0, 0.1) is 19.8 Å². The Labute approximate surface area is 154 Å². The quantitative estimate of drug-likeness (QED) is 0.859. The van der Waals surface area contributed by atoms with Crippen LogP contribution in [0.15, 0.2) is 30.6 Å². The second-order valence-electron chi connectivity index (χ2n) is 6.97. The van der Waals surface area contributed by atoms with Crippen LogP contribution in [0.3, 0.4) is 0 Å². The second kappa shape index (κ2) is 8.01. The highest BCUT2D eigenvalue weighted by Crippen LogP contribution is 2.33. The molecule has 0 saturated carbocycles. The van der Waals surface area contributed by atoms with Gasteiger partial charge in [-0.25, -0.2) is 0 Å². The Morgan fingerprint density at radius 3 is 2.69 bits per heavy atom. The summed E-state index contributed by atoms with van der Waals surface area (Å²) in [7, 11) is 1.68. The molecular formula is C20H27N3O3. The number of rotatable bonds is 6. The Morgan fingerprint density at radius 2 is 2.04 bits per heavy atom. The second-order valence-corrected chi connectivity index (χ2v) is 6.97. The van der Waals surface area contributed by atoms with E-state index < -0.39 is 0 Å². The topological polar surface area (TPSA) is 67.6 Å². The van der Waals surface area contributed by atoms with Gasteiger partial charge in [0.15, 0.2) is 0 Å². The Bertz CT molecular complexity index is 757. The van der Waals surface area contributed by atoms with Crippen molar-refractivity contribution in [2.24, 2.45) is 5.92 Å². The predicted octanol–water partition coefficient (Wildman–Crippen LogP) is 1.99. The zero-order valence-corrected chi connectivity index (χ0v) is 15.7. The average Bonchev–Trinajstić information content (AvgIpc) is 3.22. The Kier molecular flexibility index (Phi) is 5.74. The number of aromatic nitrogens is 2. The van der Waals surface area contributed by atoms with Gasteiger partial charge in [-0.1, -0.05) is 0 Å². The summed E-state index contributed by atoms with van der Waals surface area (Å²) in [5.41, 5.74) is 3.90. The summed E-state index contributed by atoms with van der Waals surface area (Å²) in [4.78, 5) is 19.1. The largest absolute Gasteiger partial charge is 0.396 e. The standard InChI is InChI=1S/C20H27N3O3/c1-14-10-18(15(2)23(14)8-9-26-3)20(25)22-11-17(13-24)19(12-22)16-4-6-21-7-5-16/h4-7,10,17,19,24H,8-9,11-13H2,1-3H3. The monoisotopic (exact) mass is 357 g/mol. The van der Waals surface area contributed by atoms with E-state index in [0.717, 1.165) is 29.1 Å². The van der Waals surface area contributed by atoms with Crippen molar-refractivity contribution in [3.63, 3.8) is 0 Å². The van der Waals surface area contributed by atoms with Crippen molar-refractivity contribution in [1.82, 2.24) is 14.5 Å². The molecule has 0 radical (unpaired) electrons. The molecule has 2 atom stereocenters. The molecule has 0 aliphatic carbocycles. The molecule has 1 aliphatic heterocycles. The van der Waals surface area contributed by atoms with E-state index in [4.69, 9.17) is 4.74 Å². The first kappa shape index (κ1) is 18.6. The van der Waals surface area contributed by atoms with E-state index in [0.29, 0.717) is 19.7 Å². The van der Waals surface area contributed by atoms with Gasteiger partial charge >= 0.3 is 0 Å². The van der Waals surface area contributed by atoms with Gasteiger partial charge in [0.05, 0.1) is 12.2 Å². The first-order valence-electron chi connectivity index (χ1n) is 9.02. The minimum atomic E-state index is 0.0387. The fraction of sp³-hybridized carbons (Fsp3) is 0.500. The number of carbonyl (C=O) groups excluding carboxylic acids is 1. The van der Waals surface area contributed by atoms with Crippen molar-refractivity contribution >= 4 is 5.91 Å². The number of aliphatic hydroxyl groups excluding tert-OH is 1. The molecule has 6 nitrogen and oxygen atoms in total.